The van der Waals surface area contributed by atoms with E-state index in [1.807, 2.05) is 24.3 Å². The molecule has 0 bridgehead atoms. The Balaban J connectivity index is 2.22. The van der Waals surface area contributed by atoms with Crippen molar-refractivity contribution in [3.05, 3.63) is 29.8 Å². The van der Waals surface area contributed by atoms with Gasteiger partial charge in [-0.15, -0.1) is 0 Å². The van der Waals surface area contributed by atoms with E-state index in [-0.39, 0.29) is 19.1 Å². The second-order valence-electron chi connectivity index (χ2n) is 4.98. The number of ether oxygens (including phenoxy) is 1. The number of benzene rings is 1. The Bertz CT molecular complexity index is 462. The Morgan fingerprint density at radius 2 is 2.21 bits per heavy atom. The molecule has 0 radical (unpaired) electrons. The van der Waals surface area contributed by atoms with Crippen LogP contribution in [0.3, 0.4) is 0 Å². The summed E-state index contributed by atoms with van der Waals surface area (Å²) < 4.78 is 5.59. The molecule has 1 heterocycles. The first-order valence-electron chi connectivity index (χ1n) is 6.37. The van der Waals surface area contributed by atoms with Crippen molar-refractivity contribution in [2.45, 2.75) is 12.0 Å². The number of aliphatic hydroxyl groups is 1. The van der Waals surface area contributed by atoms with Crippen LogP contribution in [0, 0.1) is 0 Å². The van der Waals surface area contributed by atoms with Crippen LogP contribution in [0.2, 0.25) is 0 Å². The third kappa shape index (κ3) is 2.72. The van der Waals surface area contributed by atoms with Gasteiger partial charge in [-0.2, -0.15) is 0 Å². The molecule has 0 spiro atoms. The number of hydrogen-bond donors (Lipinski definition) is 2. The van der Waals surface area contributed by atoms with Gasteiger partial charge in [0.05, 0.1) is 25.3 Å². The molecule has 1 atom stereocenters. The number of carbonyl (C=O) groups excluding carboxylic acids is 1. The average molecular weight is 264 g/mol. The smallest absolute Gasteiger partial charge is 0.236 e. The van der Waals surface area contributed by atoms with E-state index in [2.05, 4.69) is 5.32 Å². The number of nitrogens with one attached hydrogen (secondary N) is 1. The van der Waals surface area contributed by atoms with E-state index < -0.39 is 5.54 Å². The van der Waals surface area contributed by atoms with Crippen molar-refractivity contribution in [3.63, 3.8) is 0 Å². The van der Waals surface area contributed by atoms with Crippen LogP contribution in [-0.4, -0.2) is 49.8 Å². The van der Waals surface area contributed by atoms with Crippen molar-refractivity contribution in [2.24, 2.45) is 0 Å². The van der Waals surface area contributed by atoms with Crippen molar-refractivity contribution in [3.8, 4) is 5.75 Å². The third-order valence-corrected chi connectivity index (χ3v) is 3.54. The minimum Gasteiger partial charge on any atom is -0.493 e. The number of likely N-dealkylation sites (N-methyl/N-ethyl adjacent to an activating group) is 1. The van der Waals surface area contributed by atoms with E-state index in [1.165, 1.54) is 4.90 Å². The third-order valence-electron chi connectivity index (χ3n) is 3.54. The minimum absolute atomic E-state index is 0.0169. The summed E-state index contributed by atoms with van der Waals surface area (Å²) in [6, 6.07) is 7.62. The van der Waals surface area contributed by atoms with Crippen LogP contribution in [0.25, 0.3) is 0 Å². The lowest BCUT2D eigenvalue weighted by Crippen LogP contribution is -2.51. The molecule has 1 aromatic rings. The maximum atomic E-state index is 11.7. The molecule has 2 rings (SSSR count). The van der Waals surface area contributed by atoms with Crippen LogP contribution < -0.4 is 10.1 Å². The minimum atomic E-state index is -0.597. The van der Waals surface area contributed by atoms with Gasteiger partial charge in [0.25, 0.3) is 0 Å². The van der Waals surface area contributed by atoms with Gasteiger partial charge in [0.2, 0.25) is 5.91 Å². The lowest BCUT2D eigenvalue weighted by molar-refractivity contribution is -0.128. The Labute approximate surface area is 113 Å². The van der Waals surface area contributed by atoms with Crippen molar-refractivity contribution < 1.29 is 14.6 Å². The van der Waals surface area contributed by atoms with Gasteiger partial charge in [-0.05, 0) is 6.07 Å². The summed E-state index contributed by atoms with van der Waals surface area (Å²) in [7, 11) is 3.43. The lowest BCUT2D eigenvalue weighted by atomic mass is 9.85. The molecular weight excluding hydrogens is 244 g/mol. The highest BCUT2D eigenvalue weighted by Crippen LogP contribution is 2.36. The summed E-state index contributed by atoms with van der Waals surface area (Å²) in [5, 5.41) is 13.0. The van der Waals surface area contributed by atoms with Crippen molar-refractivity contribution >= 4 is 5.91 Å². The van der Waals surface area contributed by atoms with Crippen LogP contribution in [0.15, 0.2) is 24.3 Å². The summed E-state index contributed by atoms with van der Waals surface area (Å²) in [5.41, 5.74) is 0.316. The molecule has 1 aliphatic heterocycles. The highest BCUT2D eigenvalue weighted by molar-refractivity contribution is 5.77. The summed E-state index contributed by atoms with van der Waals surface area (Å²) in [5.74, 6) is 0.754. The van der Waals surface area contributed by atoms with Gasteiger partial charge in [-0.3, -0.25) is 10.1 Å². The van der Waals surface area contributed by atoms with Gasteiger partial charge in [-0.1, -0.05) is 18.2 Å². The van der Waals surface area contributed by atoms with Crippen molar-refractivity contribution in [1.29, 1.82) is 0 Å². The number of hydrogen-bond acceptors (Lipinski definition) is 4. The molecule has 1 aliphatic rings. The first-order chi connectivity index (χ1) is 9.09. The van der Waals surface area contributed by atoms with Crippen LogP contribution in [0.1, 0.15) is 12.0 Å². The maximum absolute atomic E-state index is 11.7. The average Bonchev–Trinajstić information content (AvgIpc) is 2.44. The highest BCUT2D eigenvalue weighted by atomic mass is 16.5. The van der Waals surface area contributed by atoms with Crippen LogP contribution in [-0.2, 0) is 10.3 Å². The molecule has 19 heavy (non-hydrogen) atoms. The van der Waals surface area contributed by atoms with E-state index in [0.29, 0.717) is 13.0 Å². The number of amides is 1. The molecule has 2 N–H and O–H groups in total. The Morgan fingerprint density at radius 1 is 1.47 bits per heavy atom. The number of carbonyl (C=O) groups is 1. The standard InChI is InChI=1S/C14H20N2O3/c1-16(2)13(18)9-15-14(10-17)7-8-19-12-6-4-3-5-11(12)14/h3-6,15,17H,7-10H2,1-2H3. The van der Waals surface area contributed by atoms with E-state index >= 15 is 0 Å². The molecule has 1 aromatic carbocycles. The summed E-state index contributed by atoms with van der Waals surface area (Å²) in [4.78, 5) is 13.2. The lowest BCUT2D eigenvalue weighted by Gasteiger charge is -2.38. The topological polar surface area (TPSA) is 61.8 Å². The molecule has 0 fully saturated rings. The van der Waals surface area contributed by atoms with E-state index in [0.717, 1.165) is 11.3 Å². The summed E-state index contributed by atoms with van der Waals surface area (Å²) in [6.45, 7) is 0.663. The van der Waals surface area contributed by atoms with Crippen molar-refractivity contribution in [2.75, 3.05) is 33.9 Å². The Morgan fingerprint density at radius 3 is 2.89 bits per heavy atom. The zero-order chi connectivity index (χ0) is 13.9. The molecule has 0 saturated heterocycles. The van der Waals surface area contributed by atoms with Gasteiger partial charge in [0.15, 0.2) is 0 Å². The van der Waals surface area contributed by atoms with Gasteiger partial charge in [0, 0.05) is 26.1 Å². The fourth-order valence-corrected chi connectivity index (χ4v) is 2.26. The summed E-state index contributed by atoms with van der Waals surface area (Å²) in [6.07, 6.45) is 0.640. The molecule has 1 amide bonds. The second-order valence-corrected chi connectivity index (χ2v) is 4.98. The fraction of sp³-hybridized carbons (Fsp3) is 0.500. The molecule has 104 valence electrons. The van der Waals surface area contributed by atoms with Gasteiger partial charge >= 0.3 is 0 Å². The van der Waals surface area contributed by atoms with E-state index in [4.69, 9.17) is 4.74 Å². The molecule has 0 aromatic heterocycles. The predicted octanol–water partition coefficient (Wildman–Crippen LogP) is 0.335. The second kappa shape index (κ2) is 5.59. The molecule has 0 aliphatic carbocycles. The number of rotatable bonds is 4. The zero-order valence-corrected chi connectivity index (χ0v) is 11.3. The maximum Gasteiger partial charge on any atom is 0.236 e. The first-order valence-corrected chi connectivity index (χ1v) is 6.37. The Hall–Kier alpha value is -1.59. The Kier molecular flexibility index (Phi) is 4.07. The first kappa shape index (κ1) is 13.8. The largest absolute Gasteiger partial charge is 0.493 e. The molecule has 5 heteroatoms. The van der Waals surface area contributed by atoms with Gasteiger partial charge < -0.3 is 14.7 Å². The van der Waals surface area contributed by atoms with Crippen LogP contribution in [0.5, 0.6) is 5.75 Å². The van der Waals surface area contributed by atoms with Gasteiger partial charge in [-0.25, -0.2) is 0 Å². The number of fused-ring (bicyclic) bond motifs is 1. The van der Waals surface area contributed by atoms with Crippen molar-refractivity contribution in [1.82, 2.24) is 10.2 Å². The fourth-order valence-electron chi connectivity index (χ4n) is 2.26. The number of nitrogens with zero attached hydrogens (tertiary/aromatic N) is 1. The van der Waals surface area contributed by atoms with Gasteiger partial charge in [0.1, 0.15) is 5.75 Å². The number of para-hydroxylation sites is 1. The monoisotopic (exact) mass is 264 g/mol. The molecule has 5 nitrogen and oxygen atoms in total. The highest BCUT2D eigenvalue weighted by Gasteiger charge is 2.37. The molecule has 1 unspecified atom stereocenters. The molecular formula is C14H20N2O3. The predicted molar refractivity (Wildman–Crippen MR) is 72.0 cm³/mol. The van der Waals surface area contributed by atoms with Crippen LogP contribution >= 0.6 is 0 Å². The zero-order valence-electron chi connectivity index (χ0n) is 11.3. The SMILES string of the molecule is CN(C)C(=O)CNC1(CO)CCOc2ccccc21. The normalized spacial score (nSPS) is 21.4. The summed E-state index contributed by atoms with van der Waals surface area (Å²) >= 11 is 0. The van der Waals surface area contributed by atoms with E-state index in [1.54, 1.807) is 14.1 Å². The van der Waals surface area contributed by atoms with E-state index in [9.17, 15) is 9.90 Å². The molecule has 0 saturated carbocycles. The number of aliphatic hydroxyl groups excluding tert-OH is 1. The van der Waals surface area contributed by atoms with Crippen LogP contribution in [0.4, 0.5) is 0 Å². The quantitative estimate of drug-likeness (QED) is 0.823.